The van der Waals surface area contributed by atoms with E-state index in [9.17, 15) is 22.0 Å². The molecule has 5 nitrogen and oxygen atoms in total. The van der Waals surface area contributed by atoms with Gasteiger partial charge in [-0.25, -0.2) is 22.0 Å². The molecule has 0 spiro atoms. The van der Waals surface area contributed by atoms with E-state index in [1.165, 1.54) is 19.4 Å². The lowest BCUT2D eigenvalue weighted by molar-refractivity contribution is 0.0799. The van der Waals surface area contributed by atoms with E-state index in [0.717, 1.165) is 18.0 Å². The van der Waals surface area contributed by atoms with Crippen LogP contribution in [0.3, 0.4) is 0 Å². The van der Waals surface area contributed by atoms with Crippen LogP contribution in [0.25, 0.3) is 10.9 Å². The van der Waals surface area contributed by atoms with Gasteiger partial charge in [-0.2, -0.15) is 4.98 Å². The Morgan fingerprint density at radius 2 is 2.03 bits per heavy atom. The van der Waals surface area contributed by atoms with Gasteiger partial charge in [-0.05, 0) is 18.0 Å². The highest BCUT2D eigenvalue weighted by molar-refractivity contribution is 8.00. The van der Waals surface area contributed by atoms with Gasteiger partial charge in [-0.1, -0.05) is 17.7 Å². The van der Waals surface area contributed by atoms with E-state index in [1.54, 1.807) is 6.07 Å². The Morgan fingerprint density at radius 3 is 2.69 bits per heavy atom. The lowest BCUT2D eigenvalue weighted by atomic mass is 10.1. The normalized spacial score (nSPS) is 11.5. The topological polar surface area (TPSA) is 59.2 Å². The molecule has 3 aromatic rings. The zero-order chi connectivity index (χ0) is 21.1. The van der Waals surface area contributed by atoms with Crippen molar-refractivity contribution in [3.8, 4) is 11.6 Å². The molecule has 0 fully saturated rings. The molecule has 0 atom stereocenters. The number of H-pyrrole nitrogens is 1. The summed E-state index contributed by atoms with van der Waals surface area (Å²) in [5.41, 5.74) is -0.166. The Balaban J connectivity index is 1.84. The molecule has 1 aromatic carbocycles. The molecule has 29 heavy (non-hydrogen) atoms. The molecule has 0 bridgehead atoms. The van der Waals surface area contributed by atoms with Crippen LogP contribution in [0.4, 0.5) is 27.8 Å². The summed E-state index contributed by atoms with van der Waals surface area (Å²) in [5.74, 6) is -1.60. The summed E-state index contributed by atoms with van der Waals surface area (Å²) in [6.07, 6.45) is -4.07. The molecule has 2 heterocycles. The molecule has 0 amide bonds. The third kappa shape index (κ3) is 4.61. The number of halogens is 6. The molecular weight excluding hydrogens is 441 g/mol. The second kappa shape index (κ2) is 8.95. The molecule has 0 aliphatic carbocycles. The van der Waals surface area contributed by atoms with Crippen molar-refractivity contribution in [1.82, 2.24) is 9.97 Å². The molecule has 0 unspecified atom stereocenters. The number of hydrogen-bond acceptors (Lipinski definition) is 5. The third-order valence-corrected chi connectivity index (χ3v) is 4.93. The first-order valence-electron chi connectivity index (χ1n) is 7.97. The van der Waals surface area contributed by atoms with Crippen molar-refractivity contribution in [1.29, 1.82) is 0 Å². The first-order chi connectivity index (χ1) is 13.8. The van der Waals surface area contributed by atoms with Gasteiger partial charge in [0.15, 0.2) is 17.4 Å². The van der Waals surface area contributed by atoms with E-state index in [0.29, 0.717) is 10.3 Å². The molecule has 0 aliphatic heterocycles. The molecule has 12 heteroatoms. The highest BCUT2D eigenvalue weighted by Gasteiger charge is 2.20. The minimum atomic E-state index is -2.78. The first kappa shape index (κ1) is 21.3. The number of nitrogens with zero attached hydrogens (tertiary/aromatic N) is 1. The summed E-state index contributed by atoms with van der Waals surface area (Å²) < 4.78 is 77.7. The smallest absolute Gasteiger partial charge is 0.272 e. The van der Waals surface area contributed by atoms with Crippen molar-refractivity contribution in [3.05, 3.63) is 40.8 Å². The average Bonchev–Trinajstić information content (AvgIpc) is 3.07. The number of ether oxygens (including phenoxy) is 2. The SMILES string of the molecule is COc1nc(NSc2c[nH]c3c(C(F)F)c(Cl)ccc23)c(F)cc1OCC(F)F. The predicted octanol–water partition coefficient (Wildman–Crippen LogP) is 6.06. The van der Waals surface area contributed by atoms with Crippen LogP contribution in [0, 0.1) is 5.82 Å². The highest BCUT2D eigenvalue weighted by atomic mass is 35.5. The minimum Gasteiger partial charge on any atom is -0.482 e. The van der Waals surface area contributed by atoms with Crippen molar-refractivity contribution in [2.45, 2.75) is 17.7 Å². The summed E-state index contributed by atoms with van der Waals surface area (Å²) in [7, 11) is 1.22. The molecule has 0 saturated heterocycles. The lowest BCUT2D eigenvalue weighted by Gasteiger charge is -2.12. The Morgan fingerprint density at radius 1 is 1.28 bits per heavy atom. The molecule has 3 rings (SSSR count). The average molecular weight is 454 g/mol. The molecule has 156 valence electrons. The van der Waals surface area contributed by atoms with Gasteiger partial charge in [0.2, 0.25) is 0 Å². The van der Waals surface area contributed by atoms with Gasteiger partial charge in [0.25, 0.3) is 18.7 Å². The Kier molecular flexibility index (Phi) is 6.58. The summed E-state index contributed by atoms with van der Waals surface area (Å²) >= 11 is 6.75. The van der Waals surface area contributed by atoms with E-state index in [-0.39, 0.29) is 33.6 Å². The van der Waals surface area contributed by atoms with Crippen LogP contribution in [0.5, 0.6) is 11.6 Å². The van der Waals surface area contributed by atoms with Gasteiger partial charge in [-0.15, -0.1) is 0 Å². The standard InChI is InChI=1S/C17H13ClF5N3O2S/c1-27-17-10(28-6-12(20)21)4-9(19)16(25-17)26-29-11-5-24-14-7(11)2-3-8(18)13(14)15(22)23/h2-5,12,15,24H,6H2,1H3,(H,25,26). The van der Waals surface area contributed by atoms with Crippen LogP contribution < -0.4 is 14.2 Å². The fourth-order valence-corrected chi connectivity index (χ4v) is 3.49. The van der Waals surface area contributed by atoms with E-state index >= 15 is 0 Å². The van der Waals surface area contributed by atoms with Crippen molar-refractivity contribution in [3.63, 3.8) is 0 Å². The van der Waals surface area contributed by atoms with Crippen LogP contribution in [0.15, 0.2) is 29.3 Å². The van der Waals surface area contributed by atoms with Crippen molar-refractivity contribution < 1.29 is 31.4 Å². The monoisotopic (exact) mass is 453 g/mol. The maximum Gasteiger partial charge on any atom is 0.272 e. The van der Waals surface area contributed by atoms with Gasteiger partial charge in [0, 0.05) is 17.6 Å². The summed E-state index contributed by atoms with van der Waals surface area (Å²) in [4.78, 5) is 7.07. The number of aromatic nitrogens is 2. The van der Waals surface area contributed by atoms with Crippen LogP contribution >= 0.6 is 23.5 Å². The van der Waals surface area contributed by atoms with E-state index in [4.69, 9.17) is 21.1 Å². The number of nitrogens with one attached hydrogen (secondary N) is 2. The maximum atomic E-state index is 14.3. The number of methoxy groups -OCH3 is 1. The minimum absolute atomic E-state index is 0.0734. The van der Waals surface area contributed by atoms with Crippen LogP contribution in [-0.4, -0.2) is 30.1 Å². The van der Waals surface area contributed by atoms with Gasteiger partial charge in [0.1, 0.15) is 6.61 Å². The Bertz CT molecular complexity index is 1020. The summed E-state index contributed by atoms with van der Waals surface area (Å²) in [6.45, 7) is -0.941. The number of benzene rings is 1. The number of anilines is 1. The van der Waals surface area contributed by atoms with Crippen LogP contribution in [-0.2, 0) is 0 Å². The summed E-state index contributed by atoms with van der Waals surface area (Å²) in [5, 5.41) is 0.377. The third-order valence-electron chi connectivity index (χ3n) is 3.75. The van der Waals surface area contributed by atoms with Gasteiger partial charge >= 0.3 is 0 Å². The lowest BCUT2D eigenvalue weighted by Crippen LogP contribution is -2.09. The first-order valence-corrected chi connectivity index (χ1v) is 9.17. The van der Waals surface area contributed by atoms with Crippen LogP contribution in [0.2, 0.25) is 5.02 Å². The van der Waals surface area contributed by atoms with E-state index < -0.39 is 25.3 Å². The molecule has 0 radical (unpaired) electrons. The Labute approximate surface area is 170 Å². The number of rotatable bonds is 8. The highest BCUT2D eigenvalue weighted by Crippen LogP contribution is 2.38. The van der Waals surface area contributed by atoms with Gasteiger partial charge < -0.3 is 19.2 Å². The molecule has 2 N–H and O–H groups in total. The van der Waals surface area contributed by atoms with Crippen LogP contribution in [0.1, 0.15) is 12.0 Å². The van der Waals surface area contributed by atoms with Gasteiger partial charge in [-0.3, -0.25) is 0 Å². The molecule has 0 saturated carbocycles. The zero-order valence-electron chi connectivity index (χ0n) is 14.6. The number of alkyl halides is 4. The number of fused-ring (bicyclic) bond motifs is 1. The van der Waals surface area contributed by atoms with Crippen molar-refractivity contribution >= 4 is 40.3 Å². The second-order valence-electron chi connectivity index (χ2n) is 5.57. The second-order valence-corrected chi connectivity index (χ2v) is 6.82. The predicted molar refractivity (Wildman–Crippen MR) is 100.0 cm³/mol. The van der Waals surface area contributed by atoms with Crippen molar-refractivity contribution in [2.24, 2.45) is 0 Å². The molecular formula is C17H13ClF5N3O2S. The van der Waals surface area contributed by atoms with E-state index in [2.05, 4.69) is 14.7 Å². The number of hydrogen-bond donors (Lipinski definition) is 2. The Hall–Kier alpha value is -2.40. The zero-order valence-corrected chi connectivity index (χ0v) is 16.2. The fraction of sp³-hybridized carbons (Fsp3) is 0.235. The van der Waals surface area contributed by atoms with Crippen molar-refractivity contribution in [2.75, 3.05) is 18.4 Å². The maximum absolute atomic E-state index is 14.3. The summed E-state index contributed by atoms with van der Waals surface area (Å²) in [6, 6.07) is 3.76. The molecule has 2 aromatic heterocycles. The fourth-order valence-electron chi connectivity index (χ4n) is 2.50. The quantitative estimate of drug-likeness (QED) is 0.320. The largest absolute Gasteiger partial charge is 0.482 e. The molecule has 0 aliphatic rings. The number of pyridine rings is 1. The van der Waals surface area contributed by atoms with Gasteiger partial charge in [0.05, 0.1) is 28.1 Å². The van der Waals surface area contributed by atoms with E-state index in [1.807, 2.05) is 0 Å². The number of aromatic amines is 1.